The molecule has 1 aliphatic rings. The summed E-state index contributed by atoms with van der Waals surface area (Å²) in [6.07, 6.45) is 3.10. The van der Waals surface area contributed by atoms with Gasteiger partial charge < -0.3 is 15.5 Å². The highest BCUT2D eigenvalue weighted by molar-refractivity contribution is 5.96. The van der Waals surface area contributed by atoms with Crippen LogP contribution in [0.15, 0.2) is 48.5 Å². The van der Waals surface area contributed by atoms with E-state index in [9.17, 15) is 14.0 Å². The standard InChI is InChI=1S/C25H32FN3O2/c1-4-23(30)21-13-10-17(15-22(21)26)14-20(29(2)3)16-27-25(31)28-24(19-11-12-19)18-8-6-5-7-9-18/h5-10,13,15,19-20,24H,4,11-12,14,16H2,1-3H3,(H2,27,28,31)/t20-,24+/m0/s1. The van der Waals surface area contributed by atoms with Gasteiger partial charge in [-0.3, -0.25) is 4.79 Å². The van der Waals surface area contributed by atoms with Gasteiger partial charge in [0.15, 0.2) is 5.78 Å². The van der Waals surface area contributed by atoms with Gasteiger partial charge in [-0.05, 0) is 62.5 Å². The molecule has 1 saturated carbocycles. The number of Topliss-reactive ketones (excluding diaryl/α,β-unsaturated/α-hetero) is 1. The minimum absolute atomic E-state index is 0.00558. The number of carbonyl (C=O) groups excluding carboxylic acids is 2. The quantitative estimate of drug-likeness (QED) is 0.557. The lowest BCUT2D eigenvalue weighted by Crippen LogP contribution is -2.46. The summed E-state index contributed by atoms with van der Waals surface area (Å²) in [4.78, 5) is 26.4. The Morgan fingerprint density at radius 3 is 2.42 bits per heavy atom. The van der Waals surface area contributed by atoms with Crippen LogP contribution in [0.1, 0.15) is 53.7 Å². The first-order chi connectivity index (χ1) is 14.9. The molecule has 2 amide bonds. The van der Waals surface area contributed by atoms with Crippen LogP contribution < -0.4 is 10.6 Å². The molecule has 6 heteroatoms. The van der Waals surface area contributed by atoms with Gasteiger partial charge in [0.1, 0.15) is 5.82 Å². The summed E-state index contributed by atoms with van der Waals surface area (Å²) >= 11 is 0. The van der Waals surface area contributed by atoms with Gasteiger partial charge in [0.05, 0.1) is 11.6 Å². The number of rotatable bonds is 10. The van der Waals surface area contributed by atoms with Crippen LogP contribution >= 0.6 is 0 Å². The molecule has 2 aromatic rings. The fourth-order valence-corrected chi connectivity index (χ4v) is 3.78. The van der Waals surface area contributed by atoms with Crippen molar-refractivity contribution >= 4 is 11.8 Å². The van der Waals surface area contributed by atoms with E-state index < -0.39 is 5.82 Å². The van der Waals surface area contributed by atoms with Crippen LogP contribution in [0.4, 0.5) is 9.18 Å². The lowest BCUT2D eigenvalue weighted by Gasteiger charge is -2.26. The molecule has 166 valence electrons. The van der Waals surface area contributed by atoms with Gasteiger partial charge in [-0.1, -0.05) is 43.3 Å². The molecule has 2 atom stereocenters. The molecule has 2 N–H and O–H groups in total. The molecule has 0 radical (unpaired) electrons. The van der Waals surface area contributed by atoms with E-state index in [-0.39, 0.29) is 35.9 Å². The molecule has 2 aromatic carbocycles. The minimum Gasteiger partial charge on any atom is -0.337 e. The molecule has 0 saturated heterocycles. The van der Waals surface area contributed by atoms with Crippen molar-refractivity contribution in [2.24, 2.45) is 5.92 Å². The van der Waals surface area contributed by atoms with Crippen molar-refractivity contribution in [3.05, 3.63) is 71.0 Å². The van der Waals surface area contributed by atoms with Crippen molar-refractivity contribution in [1.82, 2.24) is 15.5 Å². The van der Waals surface area contributed by atoms with Crippen LogP contribution in [-0.4, -0.2) is 43.4 Å². The average molecular weight is 426 g/mol. The molecule has 1 fully saturated rings. The van der Waals surface area contributed by atoms with Gasteiger partial charge in [-0.15, -0.1) is 0 Å². The second-order valence-electron chi connectivity index (χ2n) is 8.49. The number of amides is 2. The highest BCUT2D eigenvalue weighted by atomic mass is 19.1. The van der Waals surface area contributed by atoms with Gasteiger partial charge in [0, 0.05) is 19.0 Å². The number of urea groups is 1. The third-order valence-electron chi connectivity index (χ3n) is 5.89. The fraction of sp³-hybridized carbons (Fsp3) is 0.440. The highest BCUT2D eigenvalue weighted by Crippen LogP contribution is 2.40. The van der Waals surface area contributed by atoms with E-state index in [0.717, 1.165) is 24.0 Å². The molecule has 1 aliphatic carbocycles. The number of carbonyl (C=O) groups is 2. The Hall–Kier alpha value is -2.73. The number of hydrogen-bond donors (Lipinski definition) is 2. The third kappa shape index (κ3) is 6.37. The molecule has 0 unspecified atom stereocenters. The fourth-order valence-electron chi connectivity index (χ4n) is 3.78. The van der Waals surface area contributed by atoms with Gasteiger partial charge >= 0.3 is 6.03 Å². The normalized spacial score (nSPS) is 15.4. The molecule has 5 nitrogen and oxygen atoms in total. The third-order valence-corrected chi connectivity index (χ3v) is 5.89. The topological polar surface area (TPSA) is 61.4 Å². The van der Waals surface area contributed by atoms with Crippen molar-refractivity contribution in [2.75, 3.05) is 20.6 Å². The van der Waals surface area contributed by atoms with Gasteiger partial charge in [-0.2, -0.15) is 0 Å². The second kappa shape index (κ2) is 10.5. The molecule has 0 aromatic heterocycles. The van der Waals surface area contributed by atoms with E-state index >= 15 is 0 Å². The van der Waals surface area contributed by atoms with E-state index in [1.165, 1.54) is 6.07 Å². The molecule has 0 bridgehead atoms. The largest absolute Gasteiger partial charge is 0.337 e. The average Bonchev–Trinajstić information content (AvgIpc) is 3.60. The Kier molecular flexibility index (Phi) is 7.80. The maximum absolute atomic E-state index is 14.3. The number of halogens is 1. The van der Waals surface area contributed by atoms with Gasteiger partial charge in [-0.25, -0.2) is 9.18 Å². The maximum Gasteiger partial charge on any atom is 0.315 e. The molecule has 3 rings (SSSR count). The van der Waals surface area contributed by atoms with Crippen molar-refractivity contribution in [3.63, 3.8) is 0 Å². The zero-order chi connectivity index (χ0) is 22.4. The van der Waals surface area contributed by atoms with E-state index in [0.29, 0.717) is 18.9 Å². The Morgan fingerprint density at radius 2 is 1.84 bits per heavy atom. The smallest absolute Gasteiger partial charge is 0.315 e. The molecule has 0 spiro atoms. The van der Waals surface area contributed by atoms with Crippen molar-refractivity contribution in [2.45, 2.75) is 44.7 Å². The predicted molar refractivity (Wildman–Crippen MR) is 121 cm³/mol. The molecular formula is C25H32FN3O2. The Bertz CT molecular complexity index is 897. The maximum atomic E-state index is 14.3. The zero-order valence-corrected chi connectivity index (χ0v) is 18.5. The Balaban J connectivity index is 1.58. The second-order valence-corrected chi connectivity index (χ2v) is 8.49. The number of nitrogens with zero attached hydrogens (tertiary/aromatic N) is 1. The first-order valence-electron chi connectivity index (χ1n) is 11.0. The summed E-state index contributed by atoms with van der Waals surface area (Å²) < 4.78 is 14.3. The summed E-state index contributed by atoms with van der Waals surface area (Å²) in [5.74, 6) is -0.192. The van der Waals surface area contributed by atoms with E-state index in [1.807, 2.05) is 49.3 Å². The zero-order valence-electron chi connectivity index (χ0n) is 18.5. The first-order valence-corrected chi connectivity index (χ1v) is 11.0. The van der Waals surface area contributed by atoms with E-state index in [1.54, 1.807) is 19.1 Å². The first kappa shape index (κ1) is 22.9. The summed E-state index contributed by atoms with van der Waals surface area (Å²) in [5.41, 5.74) is 2.06. The highest BCUT2D eigenvalue weighted by Gasteiger charge is 2.33. The van der Waals surface area contributed by atoms with Gasteiger partial charge in [0.2, 0.25) is 0 Å². The molecular weight excluding hydrogens is 393 g/mol. The summed E-state index contributed by atoms with van der Waals surface area (Å²) in [6, 6.07) is 14.7. The summed E-state index contributed by atoms with van der Waals surface area (Å²) in [5, 5.41) is 6.10. The number of nitrogens with one attached hydrogen (secondary N) is 2. The Morgan fingerprint density at radius 1 is 1.13 bits per heavy atom. The number of likely N-dealkylation sites (N-methyl/N-ethyl adjacent to an activating group) is 1. The lowest BCUT2D eigenvalue weighted by atomic mass is 10.0. The number of benzene rings is 2. The number of ketones is 1. The number of hydrogen-bond acceptors (Lipinski definition) is 3. The lowest BCUT2D eigenvalue weighted by molar-refractivity contribution is 0.0984. The van der Waals surface area contributed by atoms with Crippen molar-refractivity contribution in [1.29, 1.82) is 0 Å². The van der Waals surface area contributed by atoms with E-state index in [2.05, 4.69) is 10.6 Å². The van der Waals surface area contributed by atoms with E-state index in [4.69, 9.17) is 0 Å². The predicted octanol–water partition coefficient (Wildman–Crippen LogP) is 4.34. The monoisotopic (exact) mass is 425 g/mol. The summed E-state index contributed by atoms with van der Waals surface area (Å²) in [6.45, 7) is 2.16. The molecule has 0 aliphatic heterocycles. The van der Waals surface area contributed by atoms with Crippen LogP contribution in [0, 0.1) is 11.7 Å². The van der Waals surface area contributed by atoms with Crippen molar-refractivity contribution in [3.8, 4) is 0 Å². The van der Waals surface area contributed by atoms with Crippen LogP contribution in [0.3, 0.4) is 0 Å². The van der Waals surface area contributed by atoms with Crippen LogP contribution in [0.2, 0.25) is 0 Å². The molecule has 31 heavy (non-hydrogen) atoms. The van der Waals surface area contributed by atoms with Crippen LogP contribution in [0.25, 0.3) is 0 Å². The molecule has 0 heterocycles. The minimum atomic E-state index is -0.484. The summed E-state index contributed by atoms with van der Waals surface area (Å²) in [7, 11) is 3.87. The van der Waals surface area contributed by atoms with Crippen molar-refractivity contribution < 1.29 is 14.0 Å². The van der Waals surface area contributed by atoms with Gasteiger partial charge in [0.25, 0.3) is 0 Å². The Labute approximate surface area is 184 Å². The van der Waals surface area contributed by atoms with Crippen LogP contribution in [0.5, 0.6) is 0 Å². The van der Waals surface area contributed by atoms with Crippen LogP contribution in [-0.2, 0) is 6.42 Å². The SMILES string of the molecule is CCC(=O)c1ccc(C[C@@H](CNC(=O)N[C@H](c2ccccc2)C2CC2)N(C)C)cc1F.